The van der Waals surface area contributed by atoms with Crippen LogP contribution in [0, 0.1) is 0 Å². The number of carbonyl (C=O) groups is 1. The van der Waals surface area contributed by atoms with Crippen LogP contribution in [0.5, 0.6) is 11.5 Å². The van der Waals surface area contributed by atoms with Crippen molar-refractivity contribution >= 4 is 44.4 Å². The lowest BCUT2D eigenvalue weighted by molar-refractivity contribution is -0.115. The highest BCUT2D eigenvalue weighted by Gasteiger charge is 2.29. The Morgan fingerprint density at radius 1 is 1.33 bits per heavy atom. The molecule has 140 valence electrons. The standard InChI is InChI=1S/C16H16N6O3S2/c1-8(26-16-19-20-21-22(16)9-2-3-9)14(23)18-15-17-10-6-11-12(7-13(10)27-15)25-5-4-24-11/h6-9H,2-5H2,1H3,(H,17,18,23). The summed E-state index contributed by atoms with van der Waals surface area (Å²) in [6.07, 6.45) is 2.17. The van der Waals surface area contributed by atoms with E-state index in [0.29, 0.717) is 41.0 Å². The van der Waals surface area contributed by atoms with Crippen molar-refractivity contribution in [3.05, 3.63) is 12.1 Å². The third-order valence-electron chi connectivity index (χ3n) is 4.29. The quantitative estimate of drug-likeness (QED) is 0.647. The zero-order valence-corrected chi connectivity index (χ0v) is 16.0. The normalized spacial score (nSPS) is 17.1. The van der Waals surface area contributed by atoms with E-state index in [2.05, 4.69) is 25.8 Å². The number of carbonyl (C=O) groups excluding carboxylic acids is 1. The van der Waals surface area contributed by atoms with E-state index in [4.69, 9.17) is 9.47 Å². The zero-order valence-electron chi connectivity index (χ0n) is 14.4. The van der Waals surface area contributed by atoms with Crippen LogP contribution in [0.1, 0.15) is 25.8 Å². The summed E-state index contributed by atoms with van der Waals surface area (Å²) in [6, 6.07) is 4.12. The predicted molar refractivity (Wildman–Crippen MR) is 101 cm³/mol. The van der Waals surface area contributed by atoms with Crippen molar-refractivity contribution in [1.82, 2.24) is 25.2 Å². The lowest BCUT2D eigenvalue weighted by Crippen LogP contribution is -2.22. The van der Waals surface area contributed by atoms with Crippen molar-refractivity contribution in [3.8, 4) is 11.5 Å². The maximum atomic E-state index is 12.6. The van der Waals surface area contributed by atoms with Gasteiger partial charge < -0.3 is 14.8 Å². The first-order valence-electron chi connectivity index (χ1n) is 8.63. The number of hydrogen-bond acceptors (Lipinski definition) is 9. The van der Waals surface area contributed by atoms with Crippen LogP contribution in [0.25, 0.3) is 10.2 Å². The summed E-state index contributed by atoms with van der Waals surface area (Å²) in [5.74, 6) is 1.26. The first kappa shape index (κ1) is 16.8. The second-order valence-electron chi connectivity index (χ2n) is 6.37. The molecule has 2 aliphatic rings. The van der Waals surface area contributed by atoms with Crippen LogP contribution in [-0.4, -0.2) is 49.6 Å². The Balaban J connectivity index is 1.30. The second kappa shape index (κ2) is 6.64. The van der Waals surface area contributed by atoms with E-state index >= 15 is 0 Å². The number of amides is 1. The van der Waals surface area contributed by atoms with Gasteiger partial charge in [0.2, 0.25) is 11.1 Å². The summed E-state index contributed by atoms with van der Waals surface area (Å²) in [5.41, 5.74) is 0.775. The number of tetrazole rings is 1. The molecular formula is C16H16N6O3S2. The van der Waals surface area contributed by atoms with Crippen LogP contribution in [0.15, 0.2) is 17.3 Å². The minimum Gasteiger partial charge on any atom is -0.486 e. The Morgan fingerprint density at radius 3 is 2.89 bits per heavy atom. The highest BCUT2D eigenvalue weighted by atomic mass is 32.2. The number of nitrogens with one attached hydrogen (secondary N) is 1. The number of aromatic nitrogens is 5. The fourth-order valence-electron chi connectivity index (χ4n) is 2.75. The summed E-state index contributed by atoms with van der Waals surface area (Å²) in [7, 11) is 0. The number of hydrogen-bond donors (Lipinski definition) is 1. The molecule has 3 aromatic rings. The Kier molecular flexibility index (Phi) is 4.12. The summed E-state index contributed by atoms with van der Waals surface area (Å²) < 4.78 is 13.9. The molecule has 11 heteroatoms. The monoisotopic (exact) mass is 404 g/mol. The van der Waals surface area contributed by atoms with Gasteiger partial charge in [-0.15, -0.1) is 5.10 Å². The number of fused-ring (bicyclic) bond motifs is 2. The van der Waals surface area contributed by atoms with Crippen molar-refractivity contribution in [2.24, 2.45) is 0 Å². The van der Waals surface area contributed by atoms with Gasteiger partial charge in [0.15, 0.2) is 16.6 Å². The smallest absolute Gasteiger partial charge is 0.239 e. The van der Waals surface area contributed by atoms with Crippen molar-refractivity contribution in [1.29, 1.82) is 0 Å². The van der Waals surface area contributed by atoms with E-state index in [0.717, 1.165) is 23.1 Å². The molecule has 9 nitrogen and oxygen atoms in total. The number of anilines is 1. The van der Waals surface area contributed by atoms with Crippen LogP contribution in [-0.2, 0) is 4.79 Å². The molecule has 1 atom stereocenters. The molecule has 0 bridgehead atoms. The van der Waals surface area contributed by atoms with Gasteiger partial charge in [0.05, 0.1) is 21.5 Å². The highest BCUT2D eigenvalue weighted by Crippen LogP contribution is 2.39. The maximum Gasteiger partial charge on any atom is 0.239 e. The van der Waals surface area contributed by atoms with E-state index in [1.54, 1.807) is 4.68 Å². The molecule has 5 rings (SSSR count). The molecule has 1 fully saturated rings. The summed E-state index contributed by atoms with van der Waals surface area (Å²) >= 11 is 2.76. The number of ether oxygens (including phenoxy) is 2. The molecule has 1 aliphatic heterocycles. The molecule has 27 heavy (non-hydrogen) atoms. The number of thioether (sulfide) groups is 1. The Bertz CT molecular complexity index is 972. The summed E-state index contributed by atoms with van der Waals surface area (Å²) in [6.45, 7) is 2.90. The van der Waals surface area contributed by atoms with E-state index in [1.165, 1.54) is 23.1 Å². The minimum atomic E-state index is -0.347. The lowest BCUT2D eigenvalue weighted by Gasteiger charge is -2.17. The molecule has 1 aliphatic carbocycles. The van der Waals surface area contributed by atoms with Gasteiger partial charge in [0, 0.05) is 12.1 Å². The molecule has 1 N–H and O–H groups in total. The average molecular weight is 404 g/mol. The van der Waals surface area contributed by atoms with E-state index < -0.39 is 0 Å². The Morgan fingerprint density at radius 2 is 2.11 bits per heavy atom. The molecule has 1 unspecified atom stereocenters. The average Bonchev–Trinajstić information content (AvgIpc) is 3.28. The Labute approximate surface area is 162 Å². The van der Waals surface area contributed by atoms with Gasteiger partial charge in [0.25, 0.3) is 0 Å². The predicted octanol–water partition coefficient (Wildman–Crippen LogP) is 2.51. The van der Waals surface area contributed by atoms with Crippen LogP contribution in [0.2, 0.25) is 0 Å². The minimum absolute atomic E-state index is 0.137. The van der Waals surface area contributed by atoms with Gasteiger partial charge in [-0.3, -0.25) is 4.79 Å². The molecule has 0 spiro atoms. The second-order valence-corrected chi connectivity index (χ2v) is 8.71. The highest BCUT2D eigenvalue weighted by molar-refractivity contribution is 8.00. The molecule has 1 aromatic carbocycles. The fraction of sp³-hybridized carbons (Fsp3) is 0.438. The van der Waals surface area contributed by atoms with E-state index in [1.807, 2.05) is 19.1 Å². The SMILES string of the molecule is CC(Sc1nnnn1C1CC1)C(=O)Nc1nc2cc3c(cc2s1)OCCO3. The van der Waals surface area contributed by atoms with Crippen molar-refractivity contribution in [2.75, 3.05) is 18.5 Å². The first-order chi connectivity index (χ1) is 13.2. The van der Waals surface area contributed by atoms with Crippen molar-refractivity contribution < 1.29 is 14.3 Å². The molecule has 1 amide bonds. The molecule has 1 saturated carbocycles. The van der Waals surface area contributed by atoms with Gasteiger partial charge in [-0.05, 0) is 30.2 Å². The number of thiazole rings is 1. The summed E-state index contributed by atoms with van der Waals surface area (Å²) in [4.78, 5) is 17.1. The van der Waals surface area contributed by atoms with Gasteiger partial charge >= 0.3 is 0 Å². The fourth-order valence-corrected chi connectivity index (χ4v) is 4.49. The largest absolute Gasteiger partial charge is 0.486 e. The maximum absolute atomic E-state index is 12.6. The lowest BCUT2D eigenvalue weighted by atomic mass is 10.3. The van der Waals surface area contributed by atoms with Gasteiger partial charge in [-0.25, -0.2) is 9.67 Å². The molecule has 0 saturated heterocycles. The van der Waals surface area contributed by atoms with Gasteiger partial charge in [-0.2, -0.15) is 0 Å². The van der Waals surface area contributed by atoms with Crippen LogP contribution >= 0.6 is 23.1 Å². The first-order valence-corrected chi connectivity index (χ1v) is 10.3. The van der Waals surface area contributed by atoms with E-state index in [-0.39, 0.29) is 11.2 Å². The van der Waals surface area contributed by atoms with Crippen LogP contribution in [0.4, 0.5) is 5.13 Å². The molecule has 2 aromatic heterocycles. The van der Waals surface area contributed by atoms with Crippen molar-refractivity contribution in [2.45, 2.75) is 36.2 Å². The van der Waals surface area contributed by atoms with Gasteiger partial charge in [0.1, 0.15) is 13.2 Å². The zero-order chi connectivity index (χ0) is 18.4. The number of benzene rings is 1. The van der Waals surface area contributed by atoms with Gasteiger partial charge in [-0.1, -0.05) is 23.1 Å². The molecular weight excluding hydrogens is 388 g/mol. The van der Waals surface area contributed by atoms with Crippen LogP contribution < -0.4 is 14.8 Å². The van der Waals surface area contributed by atoms with E-state index in [9.17, 15) is 4.79 Å². The van der Waals surface area contributed by atoms with Crippen LogP contribution in [0.3, 0.4) is 0 Å². The molecule has 3 heterocycles. The van der Waals surface area contributed by atoms with Crippen molar-refractivity contribution in [3.63, 3.8) is 0 Å². The topological polar surface area (TPSA) is 104 Å². The third kappa shape index (κ3) is 3.32. The molecule has 0 radical (unpaired) electrons. The number of rotatable bonds is 5. The Hall–Kier alpha value is -2.40. The number of nitrogens with zero attached hydrogens (tertiary/aromatic N) is 5. The third-order valence-corrected chi connectivity index (χ3v) is 6.27. The summed E-state index contributed by atoms with van der Waals surface area (Å²) in [5, 5.41) is 15.5.